The van der Waals surface area contributed by atoms with Gasteiger partial charge < -0.3 is 0 Å². The van der Waals surface area contributed by atoms with Crippen LogP contribution in [-0.4, -0.2) is 5.78 Å². The van der Waals surface area contributed by atoms with E-state index in [9.17, 15) is 4.79 Å². The minimum absolute atomic E-state index is 0.00815. The number of carbonyl (C=O) groups is 1. The fourth-order valence-corrected chi connectivity index (χ4v) is 3.78. The van der Waals surface area contributed by atoms with E-state index in [0.717, 1.165) is 14.2 Å². The molecule has 0 unspecified atom stereocenters. The number of carbonyl (C=O) groups excluding carboxylic acids is 1. The summed E-state index contributed by atoms with van der Waals surface area (Å²) in [4.78, 5) is 14.5. The van der Waals surface area contributed by atoms with Crippen LogP contribution in [0.1, 0.15) is 19.4 Å². The number of ketones is 1. The van der Waals surface area contributed by atoms with Gasteiger partial charge >= 0.3 is 0 Å². The van der Waals surface area contributed by atoms with Crippen molar-refractivity contribution in [2.24, 2.45) is 0 Å². The molecule has 0 aliphatic heterocycles. The number of aryl methyl sites for hydroxylation is 1. The first-order chi connectivity index (χ1) is 7.09. The average Bonchev–Trinajstić information content (AvgIpc) is 2.74. The van der Waals surface area contributed by atoms with Crippen LogP contribution >= 0.6 is 50.2 Å². The number of hydrogen-bond acceptors (Lipinski definition) is 3. The van der Waals surface area contributed by atoms with Gasteiger partial charge in [0.05, 0.1) is 14.8 Å². The van der Waals surface area contributed by atoms with E-state index >= 15 is 0 Å². The first-order valence-electron chi connectivity index (χ1n) is 4.13. The Morgan fingerprint density at radius 3 is 2.73 bits per heavy atom. The Morgan fingerprint density at radius 2 is 2.27 bits per heavy atom. The van der Waals surface area contributed by atoms with Crippen LogP contribution < -0.4 is 0 Å². The molecule has 0 saturated heterocycles. The van der Waals surface area contributed by atoms with Crippen LogP contribution in [0.25, 0.3) is 0 Å². The topological polar surface area (TPSA) is 17.1 Å². The summed E-state index contributed by atoms with van der Waals surface area (Å²) < 4.78 is 0.975. The summed E-state index contributed by atoms with van der Waals surface area (Å²) in [6.45, 7) is 1.97. The molecule has 0 N–H and O–H groups in total. The first kappa shape index (κ1) is 11.3. The van der Waals surface area contributed by atoms with Gasteiger partial charge in [-0.25, -0.2) is 0 Å². The van der Waals surface area contributed by atoms with Crippen molar-refractivity contribution in [2.45, 2.75) is 6.92 Å². The van der Waals surface area contributed by atoms with E-state index in [2.05, 4.69) is 15.9 Å². The van der Waals surface area contributed by atoms with Crippen molar-refractivity contribution >= 4 is 56.0 Å². The Hall–Kier alpha value is -0.160. The third-order valence-corrected chi connectivity index (χ3v) is 5.38. The van der Waals surface area contributed by atoms with Crippen LogP contribution in [0.15, 0.2) is 22.0 Å². The zero-order chi connectivity index (χ0) is 11.0. The molecule has 78 valence electrons. The second-order valence-corrected chi connectivity index (χ2v) is 6.38. The Balaban J connectivity index is 2.41. The van der Waals surface area contributed by atoms with E-state index in [-0.39, 0.29) is 5.78 Å². The van der Waals surface area contributed by atoms with Gasteiger partial charge in [0, 0.05) is 9.35 Å². The van der Waals surface area contributed by atoms with Gasteiger partial charge in [-0.05, 0) is 40.4 Å². The minimum Gasteiger partial charge on any atom is -0.287 e. The minimum atomic E-state index is 0.00815. The molecule has 0 aliphatic rings. The third kappa shape index (κ3) is 2.18. The van der Waals surface area contributed by atoms with Gasteiger partial charge in [-0.15, -0.1) is 22.7 Å². The molecule has 0 saturated carbocycles. The van der Waals surface area contributed by atoms with Crippen LogP contribution in [0.4, 0.5) is 0 Å². The van der Waals surface area contributed by atoms with Crippen molar-refractivity contribution in [3.8, 4) is 0 Å². The second kappa shape index (κ2) is 4.37. The first-order valence-corrected chi connectivity index (χ1v) is 7.00. The van der Waals surface area contributed by atoms with Gasteiger partial charge in [0.1, 0.15) is 0 Å². The lowest BCUT2D eigenvalue weighted by Gasteiger charge is -1.93. The molecule has 2 rings (SSSR count). The van der Waals surface area contributed by atoms with E-state index < -0.39 is 0 Å². The van der Waals surface area contributed by atoms with Crippen LogP contribution in [0.5, 0.6) is 0 Å². The van der Waals surface area contributed by atoms with Gasteiger partial charge in [0.15, 0.2) is 0 Å². The Labute approximate surface area is 109 Å². The standard InChI is InChI=1S/C10H6BrClOS2/c1-5-6(11)4-8(15-5)9(13)10-7(12)2-3-14-10/h2-4H,1H3. The Bertz CT molecular complexity index is 496. The quantitative estimate of drug-likeness (QED) is 0.729. The van der Waals surface area contributed by atoms with Crippen molar-refractivity contribution in [2.75, 3.05) is 0 Å². The Morgan fingerprint density at radius 1 is 1.53 bits per heavy atom. The molecule has 5 heteroatoms. The SMILES string of the molecule is Cc1sc(C(=O)c2sccc2Cl)cc1Br. The monoisotopic (exact) mass is 320 g/mol. The lowest BCUT2D eigenvalue weighted by atomic mass is 10.3. The molecular formula is C10H6BrClOS2. The van der Waals surface area contributed by atoms with Gasteiger partial charge in [-0.2, -0.15) is 0 Å². The molecule has 2 aromatic heterocycles. The van der Waals surface area contributed by atoms with Crippen molar-refractivity contribution in [1.82, 2.24) is 0 Å². The highest BCUT2D eigenvalue weighted by Gasteiger charge is 2.17. The molecule has 0 aliphatic carbocycles. The predicted molar refractivity (Wildman–Crippen MR) is 69.5 cm³/mol. The van der Waals surface area contributed by atoms with Gasteiger partial charge in [-0.3, -0.25) is 4.79 Å². The predicted octanol–water partition coefficient (Wildman–Crippen LogP) is 4.76. The van der Waals surface area contributed by atoms with E-state index in [0.29, 0.717) is 9.90 Å². The molecule has 0 aromatic carbocycles. The highest BCUT2D eigenvalue weighted by atomic mass is 79.9. The molecule has 0 fully saturated rings. The van der Waals surface area contributed by atoms with E-state index in [1.165, 1.54) is 22.7 Å². The summed E-state index contributed by atoms with van der Waals surface area (Å²) in [7, 11) is 0. The lowest BCUT2D eigenvalue weighted by Crippen LogP contribution is -1.95. The molecular weight excluding hydrogens is 316 g/mol. The maximum atomic E-state index is 12.0. The summed E-state index contributed by atoms with van der Waals surface area (Å²) >= 11 is 12.2. The molecule has 0 radical (unpaired) electrons. The zero-order valence-corrected chi connectivity index (χ0v) is 11.7. The van der Waals surface area contributed by atoms with Gasteiger partial charge in [0.25, 0.3) is 0 Å². The lowest BCUT2D eigenvalue weighted by molar-refractivity contribution is 0.104. The molecule has 0 atom stereocenters. The average molecular weight is 322 g/mol. The summed E-state index contributed by atoms with van der Waals surface area (Å²) in [5, 5.41) is 2.36. The molecule has 15 heavy (non-hydrogen) atoms. The van der Waals surface area contributed by atoms with Crippen LogP contribution in [0, 0.1) is 6.92 Å². The fraction of sp³-hybridized carbons (Fsp3) is 0.100. The number of halogens is 2. The normalized spacial score (nSPS) is 10.6. The number of thiophene rings is 2. The second-order valence-electron chi connectivity index (χ2n) is 2.94. The number of hydrogen-bond donors (Lipinski definition) is 0. The highest BCUT2D eigenvalue weighted by molar-refractivity contribution is 9.10. The summed E-state index contributed by atoms with van der Waals surface area (Å²) in [5.74, 6) is 0.00815. The van der Waals surface area contributed by atoms with E-state index in [1.807, 2.05) is 18.4 Å². The molecule has 0 bridgehead atoms. The van der Waals surface area contributed by atoms with Gasteiger partial charge in [0.2, 0.25) is 5.78 Å². The summed E-state index contributed by atoms with van der Waals surface area (Å²) in [6, 6.07) is 3.59. The van der Waals surface area contributed by atoms with Crippen molar-refractivity contribution in [3.63, 3.8) is 0 Å². The largest absolute Gasteiger partial charge is 0.287 e. The molecule has 0 spiro atoms. The maximum absolute atomic E-state index is 12.0. The van der Waals surface area contributed by atoms with Gasteiger partial charge in [-0.1, -0.05) is 11.6 Å². The number of rotatable bonds is 2. The highest BCUT2D eigenvalue weighted by Crippen LogP contribution is 2.31. The van der Waals surface area contributed by atoms with Crippen molar-refractivity contribution in [3.05, 3.63) is 41.6 Å². The van der Waals surface area contributed by atoms with Crippen molar-refractivity contribution < 1.29 is 4.79 Å². The zero-order valence-electron chi connectivity index (χ0n) is 7.71. The molecule has 2 heterocycles. The van der Waals surface area contributed by atoms with Crippen LogP contribution in [0.3, 0.4) is 0 Å². The summed E-state index contributed by atoms with van der Waals surface area (Å²) in [5.41, 5.74) is 0. The fourth-order valence-electron chi connectivity index (χ4n) is 1.14. The van der Waals surface area contributed by atoms with Crippen LogP contribution in [-0.2, 0) is 0 Å². The van der Waals surface area contributed by atoms with Crippen LogP contribution in [0.2, 0.25) is 5.02 Å². The summed E-state index contributed by atoms with van der Waals surface area (Å²) in [6.07, 6.45) is 0. The smallest absolute Gasteiger partial charge is 0.214 e. The maximum Gasteiger partial charge on any atom is 0.214 e. The molecule has 0 amide bonds. The van der Waals surface area contributed by atoms with E-state index in [4.69, 9.17) is 11.6 Å². The van der Waals surface area contributed by atoms with E-state index in [1.54, 1.807) is 6.07 Å². The van der Waals surface area contributed by atoms with Crippen molar-refractivity contribution in [1.29, 1.82) is 0 Å². The molecule has 1 nitrogen and oxygen atoms in total. The third-order valence-electron chi connectivity index (χ3n) is 1.90. The molecule has 2 aromatic rings. The Kier molecular flexibility index (Phi) is 3.30.